The number of fused-ring (bicyclic) bond motifs is 1. The third-order valence-electron chi connectivity index (χ3n) is 5.75. The molecule has 176 valence electrons. The highest BCUT2D eigenvalue weighted by atomic mass is 32.2. The summed E-state index contributed by atoms with van der Waals surface area (Å²) >= 11 is 1.52. The van der Waals surface area contributed by atoms with Crippen LogP contribution in [0.4, 0.5) is 16.0 Å². The largest absolute Gasteiger partial charge is 0.328 e. The second-order valence-electron chi connectivity index (χ2n) is 8.38. The Morgan fingerprint density at radius 3 is 2.57 bits per heavy atom. The molecule has 0 fully saturated rings. The minimum Gasteiger partial charge on any atom is -0.328 e. The topological polar surface area (TPSA) is 71.8 Å². The first kappa shape index (κ1) is 22.9. The Balaban J connectivity index is 1.49. The Labute approximate surface area is 207 Å². The van der Waals surface area contributed by atoms with Gasteiger partial charge in [-0.05, 0) is 54.8 Å². The number of hydrogen-bond donors (Lipinski definition) is 2. The van der Waals surface area contributed by atoms with E-state index in [1.807, 2.05) is 56.3 Å². The molecule has 0 spiro atoms. The molecule has 2 heterocycles. The standard InChI is InChI=1S/C27H24FN5OS/c1-17-7-6-10-22(15-17)30-25(34)23-18(2)29-26-31-27(35-16-19-8-4-3-5-9-19)32-33(26)24(23)20-11-13-21(28)14-12-20/h3-15,24H,16H2,1-2H3,(H,30,34)(H,29,31,32). The Bertz CT molecular complexity index is 1400. The van der Waals surface area contributed by atoms with Crippen LogP contribution in [-0.4, -0.2) is 20.7 Å². The van der Waals surface area contributed by atoms with Gasteiger partial charge in [-0.3, -0.25) is 4.79 Å². The highest BCUT2D eigenvalue weighted by molar-refractivity contribution is 7.98. The molecule has 2 N–H and O–H groups in total. The van der Waals surface area contributed by atoms with Crippen molar-refractivity contribution in [2.45, 2.75) is 30.8 Å². The summed E-state index contributed by atoms with van der Waals surface area (Å²) in [5.74, 6) is 0.666. The van der Waals surface area contributed by atoms with Crippen molar-refractivity contribution < 1.29 is 9.18 Å². The zero-order chi connectivity index (χ0) is 24.4. The van der Waals surface area contributed by atoms with Gasteiger partial charge in [-0.25, -0.2) is 9.07 Å². The number of rotatable bonds is 6. The van der Waals surface area contributed by atoms with E-state index >= 15 is 0 Å². The highest BCUT2D eigenvalue weighted by Crippen LogP contribution is 2.37. The number of thioether (sulfide) groups is 1. The summed E-state index contributed by atoms with van der Waals surface area (Å²) in [7, 11) is 0. The number of halogens is 1. The van der Waals surface area contributed by atoms with E-state index in [9.17, 15) is 9.18 Å². The molecule has 3 aromatic carbocycles. The molecule has 1 aromatic heterocycles. The molecule has 35 heavy (non-hydrogen) atoms. The minimum atomic E-state index is -0.560. The summed E-state index contributed by atoms with van der Waals surface area (Å²) < 4.78 is 15.4. The lowest BCUT2D eigenvalue weighted by atomic mass is 9.95. The van der Waals surface area contributed by atoms with E-state index < -0.39 is 6.04 Å². The summed E-state index contributed by atoms with van der Waals surface area (Å²) in [5, 5.41) is 11.6. The normalized spacial score (nSPS) is 14.9. The number of carbonyl (C=O) groups excluding carboxylic acids is 1. The van der Waals surface area contributed by atoms with Gasteiger partial charge in [0.1, 0.15) is 11.9 Å². The van der Waals surface area contributed by atoms with Crippen LogP contribution in [-0.2, 0) is 10.5 Å². The lowest BCUT2D eigenvalue weighted by molar-refractivity contribution is -0.113. The lowest BCUT2D eigenvalue weighted by Gasteiger charge is -2.28. The second kappa shape index (κ2) is 9.76. The molecule has 0 radical (unpaired) electrons. The first-order chi connectivity index (χ1) is 17.0. The van der Waals surface area contributed by atoms with E-state index in [4.69, 9.17) is 5.10 Å². The zero-order valence-electron chi connectivity index (χ0n) is 19.3. The maximum absolute atomic E-state index is 13.7. The van der Waals surface area contributed by atoms with Crippen LogP contribution in [0.15, 0.2) is 95.3 Å². The quantitative estimate of drug-likeness (QED) is 0.331. The number of benzene rings is 3. The molecule has 1 aliphatic rings. The van der Waals surface area contributed by atoms with E-state index in [1.165, 1.54) is 29.5 Å². The predicted octanol–water partition coefficient (Wildman–Crippen LogP) is 5.95. The van der Waals surface area contributed by atoms with Crippen LogP contribution < -0.4 is 10.6 Å². The van der Waals surface area contributed by atoms with Crippen molar-refractivity contribution in [3.05, 3.63) is 113 Å². The third kappa shape index (κ3) is 4.97. The molecule has 1 atom stereocenters. The van der Waals surface area contributed by atoms with E-state index in [0.29, 0.717) is 28.1 Å². The number of aryl methyl sites for hydroxylation is 1. The molecule has 6 nitrogen and oxygen atoms in total. The van der Waals surface area contributed by atoms with Crippen molar-refractivity contribution in [1.29, 1.82) is 0 Å². The van der Waals surface area contributed by atoms with Gasteiger partial charge < -0.3 is 10.6 Å². The van der Waals surface area contributed by atoms with E-state index in [0.717, 1.165) is 16.9 Å². The van der Waals surface area contributed by atoms with Crippen molar-refractivity contribution >= 4 is 29.3 Å². The summed E-state index contributed by atoms with van der Waals surface area (Å²) in [4.78, 5) is 18.2. The maximum Gasteiger partial charge on any atom is 0.255 e. The smallest absolute Gasteiger partial charge is 0.255 e. The van der Waals surface area contributed by atoms with Gasteiger partial charge in [0.05, 0.1) is 5.57 Å². The molecule has 4 aromatic rings. The van der Waals surface area contributed by atoms with Gasteiger partial charge in [-0.15, -0.1) is 5.10 Å². The van der Waals surface area contributed by atoms with Crippen LogP contribution in [0.1, 0.15) is 29.7 Å². The van der Waals surface area contributed by atoms with Crippen LogP contribution in [0.3, 0.4) is 0 Å². The van der Waals surface area contributed by atoms with Crippen molar-refractivity contribution in [2.75, 3.05) is 10.6 Å². The van der Waals surface area contributed by atoms with Gasteiger partial charge in [0.15, 0.2) is 0 Å². The first-order valence-electron chi connectivity index (χ1n) is 11.2. The molecule has 0 saturated carbocycles. The molecule has 0 bridgehead atoms. The SMILES string of the molecule is CC1=C(C(=O)Nc2cccc(C)c2)C(c2ccc(F)cc2)n2nc(SCc3ccccc3)nc2N1. The molecule has 5 rings (SSSR count). The number of anilines is 2. The van der Waals surface area contributed by atoms with Gasteiger partial charge in [0.2, 0.25) is 11.1 Å². The van der Waals surface area contributed by atoms with Crippen LogP contribution >= 0.6 is 11.8 Å². The molecule has 8 heteroatoms. The van der Waals surface area contributed by atoms with E-state index in [2.05, 4.69) is 27.8 Å². The summed E-state index contributed by atoms with van der Waals surface area (Å²) in [6.45, 7) is 3.82. The molecule has 0 saturated heterocycles. The Morgan fingerprint density at radius 1 is 1.06 bits per heavy atom. The van der Waals surface area contributed by atoms with Crippen LogP contribution in [0, 0.1) is 12.7 Å². The highest BCUT2D eigenvalue weighted by Gasteiger charge is 2.34. The first-order valence-corrected chi connectivity index (χ1v) is 12.2. The molecule has 1 aliphatic heterocycles. The Hall–Kier alpha value is -3.91. The van der Waals surface area contributed by atoms with Crippen molar-refractivity contribution in [3.8, 4) is 0 Å². The molecule has 1 unspecified atom stereocenters. The molecule has 1 amide bonds. The fourth-order valence-corrected chi connectivity index (χ4v) is 4.87. The van der Waals surface area contributed by atoms with Gasteiger partial charge in [0.25, 0.3) is 5.91 Å². The molecule has 0 aliphatic carbocycles. The summed E-state index contributed by atoms with van der Waals surface area (Å²) in [6, 6.07) is 23.3. The van der Waals surface area contributed by atoms with Crippen LogP contribution in [0.5, 0.6) is 0 Å². The predicted molar refractivity (Wildman–Crippen MR) is 137 cm³/mol. The Morgan fingerprint density at radius 2 is 1.83 bits per heavy atom. The fraction of sp³-hybridized carbons (Fsp3) is 0.148. The average molecular weight is 486 g/mol. The molecular weight excluding hydrogens is 461 g/mol. The number of aromatic nitrogens is 3. The summed E-state index contributed by atoms with van der Waals surface area (Å²) in [6.07, 6.45) is 0. The van der Waals surface area contributed by atoms with Gasteiger partial charge in [-0.2, -0.15) is 4.98 Å². The van der Waals surface area contributed by atoms with E-state index in [1.54, 1.807) is 16.8 Å². The summed E-state index contributed by atoms with van der Waals surface area (Å²) in [5.41, 5.74) is 4.83. The number of nitrogens with one attached hydrogen (secondary N) is 2. The van der Waals surface area contributed by atoms with Gasteiger partial charge >= 0.3 is 0 Å². The minimum absolute atomic E-state index is 0.255. The zero-order valence-corrected chi connectivity index (χ0v) is 20.1. The Kier molecular flexibility index (Phi) is 6.37. The van der Waals surface area contributed by atoms with Gasteiger partial charge in [-0.1, -0.05) is 66.4 Å². The molecular formula is C27H24FN5OS. The van der Waals surface area contributed by atoms with Crippen LogP contribution in [0.25, 0.3) is 0 Å². The number of nitrogens with zero attached hydrogens (tertiary/aromatic N) is 3. The van der Waals surface area contributed by atoms with Crippen molar-refractivity contribution in [1.82, 2.24) is 14.8 Å². The number of carbonyl (C=O) groups is 1. The van der Waals surface area contributed by atoms with Crippen molar-refractivity contribution in [3.63, 3.8) is 0 Å². The fourth-order valence-electron chi connectivity index (χ4n) is 4.08. The van der Waals surface area contributed by atoms with Crippen molar-refractivity contribution in [2.24, 2.45) is 0 Å². The third-order valence-corrected chi connectivity index (χ3v) is 6.66. The second-order valence-corrected chi connectivity index (χ2v) is 9.32. The number of amides is 1. The number of allylic oxidation sites excluding steroid dienone is 1. The van der Waals surface area contributed by atoms with Gasteiger partial charge in [0, 0.05) is 17.1 Å². The lowest BCUT2D eigenvalue weighted by Crippen LogP contribution is -2.31. The van der Waals surface area contributed by atoms with Crippen LogP contribution in [0.2, 0.25) is 0 Å². The maximum atomic E-state index is 13.7. The van der Waals surface area contributed by atoms with E-state index in [-0.39, 0.29) is 11.7 Å². The average Bonchev–Trinajstić information content (AvgIpc) is 3.25. The monoisotopic (exact) mass is 485 g/mol. The number of hydrogen-bond acceptors (Lipinski definition) is 5.